The second kappa shape index (κ2) is 6.69. The zero-order valence-electron chi connectivity index (χ0n) is 11.1. The van der Waals surface area contributed by atoms with Gasteiger partial charge in [-0.05, 0) is 31.5 Å². The Kier molecular flexibility index (Phi) is 5.49. The summed E-state index contributed by atoms with van der Waals surface area (Å²) in [5.74, 6) is -1.23. The normalized spacial score (nSPS) is 11.3. The van der Waals surface area contributed by atoms with Crippen molar-refractivity contribution in [1.82, 2.24) is 0 Å². The molecule has 4 N–H and O–H groups in total. The van der Waals surface area contributed by atoms with Gasteiger partial charge in [0.2, 0.25) is 10.0 Å². The zero-order chi connectivity index (χ0) is 15.3. The van der Waals surface area contributed by atoms with E-state index in [1.54, 1.807) is 4.90 Å². The molecule has 7 nitrogen and oxygen atoms in total. The van der Waals surface area contributed by atoms with Crippen LogP contribution in [0.2, 0.25) is 0 Å². The standard InChI is InChI=1S/C12H18N2O5S/c1-2-14(6-3-7-15)11-5-4-9(20(13,18)19)8-10(11)12(16)17/h4-5,8,15H,2-3,6-7H2,1H3,(H,16,17)(H2,13,18,19). The summed E-state index contributed by atoms with van der Waals surface area (Å²) >= 11 is 0. The zero-order valence-corrected chi connectivity index (χ0v) is 11.9. The molecule has 20 heavy (non-hydrogen) atoms. The third-order valence-electron chi connectivity index (χ3n) is 2.84. The Bertz CT molecular complexity index is 586. The Morgan fingerprint density at radius 3 is 2.50 bits per heavy atom. The van der Waals surface area contributed by atoms with Gasteiger partial charge in [0.15, 0.2) is 0 Å². The van der Waals surface area contributed by atoms with E-state index in [2.05, 4.69) is 0 Å². The molecule has 0 spiro atoms. The number of anilines is 1. The minimum Gasteiger partial charge on any atom is -0.478 e. The van der Waals surface area contributed by atoms with Crippen LogP contribution in [-0.2, 0) is 10.0 Å². The van der Waals surface area contributed by atoms with Gasteiger partial charge in [-0.1, -0.05) is 0 Å². The molecule has 0 aromatic heterocycles. The molecule has 0 heterocycles. The van der Waals surface area contributed by atoms with Crippen molar-refractivity contribution in [2.75, 3.05) is 24.6 Å². The number of primary sulfonamides is 1. The molecule has 1 rings (SSSR count). The molecule has 0 aliphatic heterocycles. The Morgan fingerprint density at radius 1 is 1.40 bits per heavy atom. The smallest absolute Gasteiger partial charge is 0.337 e. The average molecular weight is 302 g/mol. The SMILES string of the molecule is CCN(CCCO)c1ccc(S(N)(=O)=O)cc1C(=O)O. The first-order valence-electron chi connectivity index (χ1n) is 6.07. The second-order valence-electron chi connectivity index (χ2n) is 4.19. The number of carboxylic acids is 1. The number of hydrogen-bond acceptors (Lipinski definition) is 5. The van der Waals surface area contributed by atoms with Crippen LogP contribution in [0.5, 0.6) is 0 Å². The molecule has 0 saturated heterocycles. The first-order chi connectivity index (χ1) is 9.31. The number of nitrogens with zero attached hydrogens (tertiary/aromatic N) is 1. The lowest BCUT2D eigenvalue weighted by atomic mass is 10.1. The van der Waals surface area contributed by atoms with Crippen molar-refractivity contribution in [2.45, 2.75) is 18.2 Å². The van der Waals surface area contributed by atoms with Crippen molar-refractivity contribution >= 4 is 21.7 Å². The highest BCUT2D eigenvalue weighted by molar-refractivity contribution is 7.89. The number of aliphatic hydroxyl groups excluding tert-OH is 1. The predicted molar refractivity (Wildman–Crippen MR) is 74.4 cm³/mol. The van der Waals surface area contributed by atoms with Crippen molar-refractivity contribution in [2.24, 2.45) is 5.14 Å². The van der Waals surface area contributed by atoms with Gasteiger partial charge in [0.05, 0.1) is 16.1 Å². The van der Waals surface area contributed by atoms with E-state index in [1.165, 1.54) is 12.1 Å². The molecule has 8 heteroatoms. The molecule has 0 aliphatic carbocycles. The van der Waals surface area contributed by atoms with Gasteiger partial charge in [-0.3, -0.25) is 0 Å². The Hall–Kier alpha value is -1.64. The molecule has 0 radical (unpaired) electrons. The van der Waals surface area contributed by atoms with E-state index in [9.17, 15) is 18.3 Å². The van der Waals surface area contributed by atoms with Gasteiger partial charge in [0.1, 0.15) is 0 Å². The summed E-state index contributed by atoms with van der Waals surface area (Å²) in [6, 6.07) is 3.75. The van der Waals surface area contributed by atoms with Crippen molar-refractivity contribution in [3.8, 4) is 0 Å². The number of sulfonamides is 1. The first kappa shape index (κ1) is 16.4. The number of carboxylic acid groups (broad SMARTS) is 1. The van der Waals surface area contributed by atoms with Gasteiger partial charge in [0, 0.05) is 19.7 Å². The van der Waals surface area contributed by atoms with Crippen LogP contribution in [0.25, 0.3) is 0 Å². The number of benzene rings is 1. The molecule has 0 fully saturated rings. The molecule has 1 aromatic carbocycles. The Balaban J connectivity index is 3.29. The van der Waals surface area contributed by atoms with E-state index >= 15 is 0 Å². The summed E-state index contributed by atoms with van der Waals surface area (Å²) in [5, 5.41) is 23.1. The van der Waals surface area contributed by atoms with Crippen LogP contribution in [0, 0.1) is 0 Å². The lowest BCUT2D eigenvalue weighted by Crippen LogP contribution is -2.27. The maximum absolute atomic E-state index is 11.3. The molecule has 0 unspecified atom stereocenters. The molecule has 0 saturated carbocycles. The highest BCUT2D eigenvalue weighted by Crippen LogP contribution is 2.24. The second-order valence-corrected chi connectivity index (χ2v) is 5.75. The summed E-state index contributed by atoms with van der Waals surface area (Å²) in [6.07, 6.45) is 0.490. The van der Waals surface area contributed by atoms with Crippen LogP contribution in [0.1, 0.15) is 23.7 Å². The largest absolute Gasteiger partial charge is 0.478 e. The van der Waals surface area contributed by atoms with E-state index in [1.807, 2.05) is 6.92 Å². The van der Waals surface area contributed by atoms with Crippen LogP contribution in [0.3, 0.4) is 0 Å². The maximum Gasteiger partial charge on any atom is 0.337 e. The highest BCUT2D eigenvalue weighted by Gasteiger charge is 2.18. The molecule has 0 bridgehead atoms. The van der Waals surface area contributed by atoms with Crippen LogP contribution in [-0.4, -0.2) is 44.3 Å². The Morgan fingerprint density at radius 2 is 2.05 bits per heavy atom. The molecular weight excluding hydrogens is 284 g/mol. The maximum atomic E-state index is 11.3. The van der Waals surface area contributed by atoms with Crippen LogP contribution < -0.4 is 10.0 Å². The number of aliphatic hydroxyl groups is 1. The van der Waals surface area contributed by atoms with Gasteiger partial charge >= 0.3 is 5.97 Å². The third-order valence-corrected chi connectivity index (χ3v) is 3.75. The highest BCUT2D eigenvalue weighted by atomic mass is 32.2. The van der Waals surface area contributed by atoms with Crippen molar-refractivity contribution in [3.05, 3.63) is 23.8 Å². The fraction of sp³-hybridized carbons (Fsp3) is 0.417. The number of aromatic carboxylic acids is 1. The van der Waals surface area contributed by atoms with Gasteiger partial charge in [-0.2, -0.15) is 0 Å². The molecular formula is C12H18N2O5S. The first-order valence-corrected chi connectivity index (χ1v) is 7.61. The molecule has 1 aromatic rings. The molecule has 0 atom stereocenters. The van der Waals surface area contributed by atoms with E-state index in [4.69, 9.17) is 10.2 Å². The average Bonchev–Trinajstić information content (AvgIpc) is 2.38. The summed E-state index contributed by atoms with van der Waals surface area (Å²) in [7, 11) is -3.95. The lowest BCUT2D eigenvalue weighted by Gasteiger charge is -2.24. The minimum absolute atomic E-state index is 0.00579. The van der Waals surface area contributed by atoms with Crippen molar-refractivity contribution in [1.29, 1.82) is 0 Å². The molecule has 0 aliphatic rings. The molecule has 0 amide bonds. The molecule has 112 valence electrons. The van der Waals surface area contributed by atoms with Crippen LogP contribution >= 0.6 is 0 Å². The summed E-state index contributed by atoms with van der Waals surface area (Å²) in [4.78, 5) is 12.8. The summed E-state index contributed by atoms with van der Waals surface area (Å²) in [6.45, 7) is 2.85. The predicted octanol–water partition coefficient (Wildman–Crippen LogP) is 0.241. The van der Waals surface area contributed by atoms with Crippen LogP contribution in [0.15, 0.2) is 23.1 Å². The van der Waals surface area contributed by atoms with Gasteiger partial charge in [-0.25, -0.2) is 18.4 Å². The van der Waals surface area contributed by atoms with E-state index in [0.717, 1.165) is 6.07 Å². The minimum atomic E-state index is -3.95. The van der Waals surface area contributed by atoms with Crippen molar-refractivity contribution in [3.63, 3.8) is 0 Å². The van der Waals surface area contributed by atoms with E-state index in [-0.39, 0.29) is 17.1 Å². The number of hydrogen-bond donors (Lipinski definition) is 3. The topological polar surface area (TPSA) is 121 Å². The van der Waals surface area contributed by atoms with Gasteiger partial charge < -0.3 is 15.1 Å². The lowest BCUT2D eigenvalue weighted by molar-refractivity contribution is 0.0697. The summed E-state index contributed by atoms with van der Waals surface area (Å²) < 4.78 is 22.5. The fourth-order valence-electron chi connectivity index (χ4n) is 1.85. The van der Waals surface area contributed by atoms with Gasteiger partial charge in [-0.15, -0.1) is 0 Å². The van der Waals surface area contributed by atoms with Crippen molar-refractivity contribution < 1.29 is 23.4 Å². The quantitative estimate of drug-likeness (QED) is 0.663. The van der Waals surface area contributed by atoms with E-state index in [0.29, 0.717) is 25.2 Å². The van der Waals surface area contributed by atoms with E-state index < -0.39 is 16.0 Å². The van der Waals surface area contributed by atoms with Gasteiger partial charge in [0.25, 0.3) is 0 Å². The third kappa shape index (κ3) is 3.92. The fourth-order valence-corrected chi connectivity index (χ4v) is 2.39. The van der Waals surface area contributed by atoms with Crippen LogP contribution in [0.4, 0.5) is 5.69 Å². The number of carbonyl (C=O) groups is 1. The number of nitrogens with two attached hydrogens (primary N) is 1. The number of rotatable bonds is 7. The Labute approximate surface area is 117 Å². The summed E-state index contributed by atoms with van der Waals surface area (Å²) in [5.41, 5.74) is 0.275. The monoisotopic (exact) mass is 302 g/mol.